The van der Waals surface area contributed by atoms with Gasteiger partial charge in [0.25, 0.3) is 5.91 Å². The molecule has 1 amide bonds. The lowest BCUT2D eigenvalue weighted by atomic mass is 10.0. The summed E-state index contributed by atoms with van der Waals surface area (Å²) in [6.07, 6.45) is 0.799. The van der Waals surface area contributed by atoms with Gasteiger partial charge in [-0.25, -0.2) is 0 Å². The van der Waals surface area contributed by atoms with Crippen LogP contribution in [0.25, 0.3) is 10.8 Å². The summed E-state index contributed by atoms with van der Waals surface area (Å²) < 4.78 is 11.0. The fourth-order valence-corrected chi connectivity index (χ4v) is 3.18. The first kappa shape index (κ1) is 18.8. The number of ether oxygens (including phenoxy) is 2. The molecule has 1 atom stereocenters. The number of hydrogen-bond donors (Lipinski definition) is 1. The van der Waals surface area contributed by atoms with Crippen LogP contribution >= 0.6 is 0 Å². The van der Waals surface area contributed by atoms with Crippen molar-refractivity contribution >= 4 is 16.7 Å². The van der Waals surface area contributed by atoms with Crippen molar-refractivity contribution in [3.8, 4) is 11.5 Å². The molecule has 0 aliphatic heterocycles. The molecule has 0 saturated heterocycles. The maximum Gasteiger partial charge on any atom is 0.258 e. The number of rotatable bonds is 7. The summed E-state index contributed by atoms with van der Waals surface area (Å²) in [5, 5.41) is 5.29. The Labute approximate surface area is 160 Å². The van der Waals surface area contributed by atoms with Crippen LogP contribution < -0.4 is 14.8 Å². The summed E-state index contributed by atoms with van der Waals surface area (Å²) in [5.74, 6) is 1.40. The maximum absolute atomic E-state index is 12.4. The Morgan fingerprint density at radius 3 is 2.52 bits per heavy atom. The third kappa shape index (κ3) is 4.59. The topological polar surface area (TPSA) is 47.6 Å². The molecule has 0 saturated carbocycles. The van der Waals surface area contributed by atoms with Gasteiger partial charge in [-0.15, -0.1) is 0 Å². The number of hydrogen-bond acceptors (Lipinski definition) is 3. The third-order valence-electron chi connectivity index (χ3n) is 4.66. The van der Waals surface area contributed by atoms with E-state index >= 15 is 0 Å². The standard InChI is InChI=1S/C23H25NO3/c1-4-21(19-10-12-22(26-3)16(2)13-19)24-23(25)15-27-20-11-9-17-7-5-6-8-18(17)14-20/h5-14,21H,4,15H2,1-3H3,(H,24,25). The summed E-state index contributed by atoms with van der Waals surface area (Å²) in [5.41, 5.74) is 2.12. The fourth-order valence-electron chi connectivity index (χ4n) is 3.18. The second-order valence-electron chi connectivity index (χ2n) is 6.56. The first-order chi connectivity index (χ1) is 13.1. The van der Waals surface area contributed by atoms with Gasteiger partial charge in [-0.1, -0.05) is 49.4 Å². The Morgan fingerprint density at radius 1 is 1.04 bits per heavy atom. The predicted octanol–water partition coefficient (Wildman–Crippen LogP) is 4.80. The van der Waals surface area contributed by atoms with E-state index in [0.29, 0.717) is 5.75 Å². The van der Waals surface area contributed by atoms with E-state index in [-0.39, 0.29) is 18.6 Å². The van der Waals surface area contributed by atoms with Crippen LogP contribution in [0.3, 0.4) is 0 Å². The molecule has 0 heterocycles. The van der Waals surface area contributed by atoms with E-state index in [9.17, 15) is 4.79 Å². The molecule has 3 aromatic rings. The van der Waals surface area contributed by atoms with Crippen LogP contribution in [0.2, 0.25) is 0 Å². The number of nitrogens with one attached hydrogen (secondary N) is 1. The van der Waals surface area contributed by atoms with Crippen LogP contribution in [-0.2, 0) is 4.79 Å². The zero-order valence-corrected chi connectivity index (χ0v) is 16.0. The highest BCUT2D eigenvalue weighted by molar-refractivity contribution is 5.84. The van der Waals surface area contributed by atoms with E-state index in [0.717, 1.165) is 34.1 Å². The van der Waals surface area contributed by atoms with Crippen molar-refractivity contribution in [2.75, 3.05) is 13.7 Å². The monoisotopic (exact) mass is 363 g/mol. The van der Waals surface area contributed by atoms with Crippen LogP contribution in [0.5, 0.6) is 11.5 Å². The number of fused-ring (bicyclic) bond motifs is 1. The Morgan fingerprint density at radius 2 is 1.81 bits per heavy atom. The van der Waals surface area contributed by atoms with Gasteiger partial charge in [0.05, 0.1) is 13.2 Å². The predicted molar refractivity (Wildman–Crippen MR) is 108 cm³/mol. The molecule has 4 heteroatoms. The highest BCUT2D eigenvalue weighted by atomic mass is 16.5. The number of carbonyl (C=O) groups excluding carboxylic acids is 1. The minimum atomic E-state index is -0.136. The van der Waals surface area contributed by atoms with Gasteiger partial charge in [0.15, 0.2) is 6.61 Å². The van der Waals surface area contributed by atoms with Crippen LogP contribution in [0.1, 0.15) is 30.5 Å². The summed E-state index contributed by atoms with van der Waals surface area (Å²) >= 11 is 0. The average molecular weight is 363 g/mol. The summed E-state index contributed by atoms with van der Waals surface area (Å²) in [4.78, 5) is 12.4. The Balaban J connectivity index is 1.62. The number of carbonyl (C=O) groups is 1. The van der Waals surface area contributed by atoms with Crippen LogP contribution in [0.15, 0.2) is 60.7 Å². The lowest BCUT2D eigenvalue weighted by Gasteiger charge is -2.19. The molecule has 27 heavy (non-hydrogen) atoms. The average Bonchev–Trinajstić information content (AvgIpc) is 2.70. The lowest BCUT2D eigenvalue weighted by Crippen LogP contribution is -2.32. The van der Waals surface area contributed by atoms with Crippen molar-refractivity contribution in [2.45, 2.75) is 26.3 Å². The minimum Gasteiger partial charge on any atom is -0.496 e. The van der Waals surface area contributed by atoms with E-state index in [2.05, 4.69) is 24.4 Å². The Hall–Kier alpha value is -3.01. The Kier molecular flexibility index (Phi) is 5.97. The molecule has 140 valence electrons. The van der Waals surface area contributed by atoms with E-state index < -0.39 is 0 Å². The van der Waals surface area contributed by atoms with E-state index in [4.69, 9.17) is 9.47 Å². The van der Waals surface area contributed by atoms with Crippen LogP contribution in [0, 0.1) is 6.92 Å². The van der Waals surface area contributed by atoms with Crippen molar-refractivity contribution in [3.63, 3.8) is 0 Å². The van der Waals surface area contributed by atoms with Gasteiger partial charge in [-0.2, -0.15) is 0 Å². The normalized spacial score (nSPS) is 11.8. The zero-order chi connectivity index (χ0) is 19.2. The zero-order valence-electron chi connectivity index (χ0n) is 16.0. The SMILES string of the molecule is CCC(NC(=O)COc1ccc2ccccc2c1)c1ccc(OC)c(C)c1. The molecule has 0 spiro atoms. The highest BCUT2D eigenvalue weighted by Crippen LogP contribution is 2.24. The van der Waals surface area contributed by atoms with Crippen molar-refractivity contribution in [3.05, 3.63) is 71.8 Å². The molecule has 1 unspecified atom stereocenters. The van der Waals surface area contributed by atoms with Gasteiger partial charge >= 0.3 is 0 Å². The van der Waals surface area contributed by atoms with E-state index in [1.807, 2.05) is 55.5 Å². The van der Waals surface area contributed by atoms with E-state index in [1.54, 1.807) is 7.11 Å². The van der Waals surface area contributed by atoms with Gasteiger partial charge in [0.1, 0.15) is 11.5 Å². The molecule has 0 bridgehead atoms. The highest BCUT2D eigenvalue weighted by Gasteiger charge is 2.14. The summed E-state index contributed by atoms with van der Waals surface area (Å²) in [6.45, 7) is 4.04. The molecule has 0 aliphatic carbocycles. The molecule has 3 rings (SSSR count). The van der Waals surface area contributed by atoms with Crippen molar-refractivity contribution in [2.24, 2.45) is 0 Å². The number of aryl methyl sites for hydroxylation is 1. The Bertz CT molecular complexity index is 936. The van der Waals surface area contributed by atoms with Crippen molar-refractivity contribution < 1.29 is 14.3 Å². The van der Waals surface area contributed by atoms with Gasteiger partial charge in [0.2, 0.25) is 0 Å². The van der Waals surface area contributed by atoms with Crippen LogP contribution in [0.4, 0.5) is 0 Å². The van der Waals surface area contributed by atoms with Gasteiger partial charge in [-0.3, -0.25) is 4.79 Å². The summed E-state index contributed by atoms with van der Waals surface area (Å²) in [6, 6.07) is 19.8. The molecular weight excluding hydrogens is 338 g/mol. The molecular formula is C23H25NO3. The smallest absolute Gasteiger partial charge is 0.258 e. The van der Waals surface area contributed by atoms with Crippen LogP contribution in [-0.4, -0.2) is 19.6 Å². The van der Waals surface area contributed by atoms with Gasteiger partial charge < -0.3 is 14.8 Å². The van der Waals surface area contributed by atoms with Crippen molar-refractivity contribution in [1.29, 1.82) is 0 Å². The number of benzene rings is 3. The van der Waals surface area contributed by atoms with Crippen molar-refractivity contribution in [1.82, 2.24) is 5.32 Å². The molecule has 4 nitrogen and oxygen atoms in total. The minimum absolute atomic E-state index is 0.00994. The number of methoxy groups -OCH3 is 1. The molecule has 0 aromatic heterocycles. The van der Waals surface area contributed by atoms with Gasteiger partial charge in [-0.05, 0) is 53.4 Å². The molecule has 1 N–H and O–H groups in total. The molecule has 0 aliphatic rings. The lowest BCUT2D eigenvalue weighted by molar-refractivity contribution is -0.123. The van der Waals surface area contributed by atoms with E-state index in [1.165, 1.54) is 0 Å². The molecule has 0 radical (unpaired) electrons. The second-order valence-corrected chi connectivity index (χ2v) is 6.56. The maximum atomic E-state index is 12.4. The van der Waals surface area contributed by atoms with Gasteiger partial charge in [0, 0.05) is 0 Å². The summed E-state index contributed by atoms with van der Waals surface area (Å²) in [7, 11) is 1.66. The molecule has 0 fully saturated rings. The fraction of sp³-hybridized carbons (Fsp3) is 0.261. The first-order valence-corrected chi connectivity index (χ1v) is 9.16. The molecule has 3 aromatic carbocycles. The third-order valence-corrected chi connectivity index (χ3v) is 4.66. The second kappa shape index (κ2) is 8.58. The largest absolute Gasteiger partial charge is 0.496 e. The number of amides is 1. The quantitative estimate of drug-likeness (QED) is 0.656. The first-order valence-electron chi connectivity index (χ1n) is 9.16.